The van der Waals surface area contributed by atoms with Crippen molar-refractivity contribution in [2.75, 3.05) is 13.1 Å². The van der Waals surface area contributed by atoms with Gasteiger partial charge in [0.1, 0.15) is 5.75 Å². The maximum absolute atomic E-state index is 12.4. The van der Waals surface area contributed by atoms with Crippen LogP contribution in [0.4, 0.5) is 0 Å². The smallest absolute Gasteiger partial charge is 0.261 e. The molecule has 0 saturated carbocycles. The van der Waals surface area contributed by atoms with Crippen molar-refractivity contribution >= 4 is 11.8 Å². The summed E-state index contributed by atoms with van der Waals surface area (Å²) in [4.78, 5) is 26.3. The minimum atomic E-state index is -0.428. The summed E-state index contributed by atoms with van der Waals surface area (Å²) in [6.45, 7) is 5.28. The molecule has 5 heteroatoms. The summed E-state index contributed by atoms with van der Waals surface area (Å²) in [6.07, 6.45) is 1.82. The first-order valence-electron chi connectivity index (χ1n) is 8.38. The Labute approximate surface area is 137 Å². The van der Waals surface area contributed by atoms with E-state index >= 15 is 0 Å². The van der Waals surface area contributed by atoms with Gasteiger partial charge in [-0.1, -0.05) is 32.0 Å². The molecule has 0 bridgehead atoms. The first-order chi connectivity index (χ1) is 11.0. The highest BCUT2D eigenvalue weighted by molar-refractivity contribution is 5.83. The van der Waals surface area contributed by atoms with Gasteiger partial charge in [0.25, 0.3) is 5.91 Å². The third-order valence-electron chi connectivity index (χ3n) is 4.59. The van der Waals surface area contributed by atoms with E-state index in [9.17, 15) is 9.59 Å². The van der Waals surface area contributed by atoms with Gasteiger partial charge in [-0.3, -0.25) is 9.59 Å². The zero-order valence-corrected chi connectivity index (χ0v) is 13.7. The zero-order chi connectivity index (χ0) is 16.4. The maximum Gasteiger partial charge on any atom is 0.261 e. The minimum Gasteiger partial charge on any atom is -0.480 e. The van der Waals surface area contributed by atoms with Crippen molar-refractivity contribution in [2.45, 2.75) is 45.3 Å². The number of benzene rings is 1. The molecule has 1 fully saturated rings. The molecule has 0 spiro atoms. The molecule has 0 aliphatic carbocycles. The number of likely N-dealkylation sites (tertiary alicyclic amines) is 1. The van der Waals surface area contributed by atoms with Crippen molar-refractivity contribution in [1.29, 1.82) is 0 Å². The molecule has 1 saturated heterocycles. The Balaban J connectivity index is 1.48. The van der Waals surface area contributed by atoms with E-state index in [1.54, 1.807) is 0 Å². The number of fused-ring (bicyclic) bond motifs is 1. The summed E-state index contributed by atoms with van der Waals surface area (Å²) in [5.74, 6) is 0.996. The molecule has 1 N–H and O–H groups in total. The van der Waals surface area contributed by atoms with Gasteiger partial charge in [-0.05, 0) is 24.5 Å². The van der Waals surface area contributed by atoms with Gasteiger partial charge in [0.15, 0.2) is 6.10 Å². The Kier molecular flexibility index (Phi) is 4.55. The van der Waals surface area contributed by atoms with Crippen LogP contribution in [-0.2, 0) is 16.0 Å². The average Bonchev–Trinajstić information content (AvgIpc) is 2.99. The fourth-order valence-electron chi connectivity index (χ4n) is 3.23. The van der Waals surface area contributed by atoms with Crippen LogP contribution in [0.2, 0.25) is 0 Å². The number of para-hydroxylation sites is 1. The van der Waals surface area contributed by atoms with E-state index in [4.69, 9.17) is 4.74 Å². The number of hydrogen-bond acceptors (Lipinski definition) is 3. The molecule has 2 heterocycles. The molecule has 1 aromatic rings. The van der Waals surface area contributed by atoms with Crippen LogP contribution in [-0.4, -0.2) is 41.9 Å². The molecule has 0 radical (unpaired) electrons. The Morgan fingerprint density at radius 1 is 1.22 bits per heavy atom. The lowest BCUT2D eigenvalue weighted by atomic mass is 10.0. The van der Waals surface area contributed by atoms with Gasteiger partial charge in [0, 0.05) is 31.5 Å². The lowest BCUT2D eigenvalue weighted by Gasteiger charge is -2.33. The molecular formula is C18H24N2O3. The van der Waals surface area contributed by atoms with Gasteiger partial charge in [-0.2, -0.15) is 0 Å². The van der Waals surface area contributed by atoms with E-state index in [-0.39, 0.29) is 23.8 Å². The lowest BCUT2D eigenvalue weighted by molar-refractivity contribution is -0.135. The van der Waals surface area contributed by atoms with Crippen LogP contribution >= 0.6 is 0 Å². The second-order valence-electron chi connectivity index (χ2n) is 6.68. The van der Waals surface area contributed by atoms with E-state index in [2.05, 4.69) is 5.32 Å². The Hall–Kier alpha value is -2.04. The highest BCUT2D eigenvalue weighted by Crippen LogP contribution is 2.28. The van der Waals surface area contributed by atoms with E-state index in [1.165, 1.54) is 0 Å². The molecule has 1 atom stereocenters. The highest BCUT2D eigenvalue weighted by Gasteiger charge is 2.31. The summed E-state index contributed by atoms with van der Waals surface area (Å²) in [5, 5.41) is 3.08. The molecule has 5 nitrogen and oxygen atoms in total. The number of rotatable bonds is 3. The van der Waals surface area contributed by atoms with Gasteiger partial charge in [-0.15, -0.1) is 0 Å². The van der Waals surface area contributed by atoms with E-state index in [0.29, 0.717) is 19.5 Å². The topological polar surface area (TPSA) is 58.6 Å². The zero-order valence-electron chi connectivity index (χ0n) is 13.7. The number of nitrogens with zero attached hydrogens (tertiary/aromatic N) is 1. The van der Waals surface area contributed by atoms with Crippen LogP contribution in [0.15, 0.2) is 24.3 Å². The largest absolute Gasteiger partial charge is 0.480 e. The van der Waals surface area contributed by atoms with E-state index < -0.39 is 6.10 Å². The molecule has 23 heavy (non-hydrogen) atoms. The molecular weight excluding hydrogens is 292 g/mol. The molecule has 2 amide bonds. The number of hydrogen-bond donors (Lipinski definition) is 1. The SMILES string of the molecule is CC(C)C(=O)N1CCC(NC(=O)[C@@H]2Cc3ccccc3O2)CC1. The number of amides is 2. The van der Waals surface area contributed by atoms with Crippen molar-refractivity contribution in [3.8, 4) is 5.75 Å². The molecule has 0 aromatic heterocycles. The lowest BCUT2D eigenvalue weighted by Crippen LogP contribution is -2.50. The van der Waals surface area contributed by atoms with Crippen LogP contribution in [0.5, 0.6) is 5.75 Å². The first kappa shape index (κ1) is 15.8. The normalized spacial score (nSPS) is 21.0. The molecule has 2 aliphatic heterocycles. The fourth-order valence-corrected chi connectivity index (χ4v) is 3.23. The molecule has 3 rings (SSSR count). The van der Waals surface area contributed by atoms with Crippen LogP contribution in [0, 0.1) is 5.92 Å². The minimum absolute atomic E-state index is 0.0338. The monoisotopic (exact) mass is 316 g/mol. The summed E-state index contributed by atoms with van der Waals surface area (Å²) >= 11 is 0. The van der Waals surface area contributed by atoms with Crippen LogP contribution in [0.25, 0.3) is 0 Å². The van der Waals surface area contributed by atoms with Crippen LogP contribution < -0.4 is 10.1 Å². The summed E-state index contributed by atoms with van der Waals surface area (Å²) in [5.41, 5.74) is 1.09. The summed E-state index contributed by atoms with van der Waals surface area (Å²) in [6, 6.07) is 7.91. The second-order valence-corrected chi connectivity index (χ2v) is 6.68. The van der Waals surface area contributed by atoms with Crippen LogP contribution in [0.1, 0.15) is 32.3 Å². The summed E-state index contributed by atoms with van der Waals surface area (Å²) < 4.78 is 5.72. The highest BCUT2D eigenvalue weighted by atomic mass is 16.5. The Morgan fingerprint density at radius 3 is 2.57 bits per heavy atom. The van der Waals surface area contributed by atoms with Crippen molar-refractivity contribution in [3.05, 3.63) is 29.8 Å². The quantitative estimate of drug-likeness (QED) is 0.924. The number of carbonyl (C=O) groups is 2. The summed E-state index contributed by atoms with van der Waals surface area (Å²) in [7, 11) is 0. The molecule has 1 aromatic carbocycles. The molecule has 0 unspecified atom stereocenters. The Bertz CT molecular complexity index is 567. The number of ether oxygens (including phenoxy) is 1. The van der Waals surface area contributed by atoms with Crippen molar-refractivity contribution < 1.29 is 14.3 Å². The third kappa shape index (κ3) is 3.49. The average molecular weight is 316 g/mol. The van der Waals surface area contributed by atoms with Gasteiger partial charge >= 0.3 is 0 Å². The predicted molar refractivity (Wildman–Crippen MR) is 87.1 cm³/mol. The molecule has 2 aliphatic rings. The van der Waals surface area contributed by atoms with E-state index in [0.717, 1.165) is 24.2 Å². The van der Waals surface area contributed by atoms with Gasteiger partial charge < -0.3 is 15.0 Å². The van der Waals surface area contributed by atoms with Crippen molar-refractivity contribution in [1.82, 2.24) is 10.2 Å². The third-order valence-corrected chi connectivity index (χ3v) is 4.59. The number of piperidine rings is 1. The van der Waals surface area contributed by atoms with Crippen LogP contribution in [0.3, 0.4) is 0 Å². The van der Waals surface area contributed by atoms with Crippen molar-refractivity contribution in [2.24, 2.45) is 5.92 Å². The van der Waals surface area contributed by atoms with Gasteiger partial charge in [0.05, 0.1) is 0 Å². The Morgan fingerprint density at radius 2 is 1.91 bits per heavy atom. The van der Waals surface area contributed by atoms with Gasteiger partial charge in [0.2, 0.25) is 5.91 Å². The number of carbonyl (C=O) groups excluding carboxylic acids is 2. The number of nitrogens with one attached hydrogen (secondary N) is 1. The first-order valence-corrected chi connectivity index (χ1v) is 8.38. The predicted octanol–water partition coefficient (Wildman–Crippen LogP) is 1.75. The van der Waals surface area contributed by atoms with Crippen molar-refractivity contribution in [3.63, 3.8) is 0 Å². The fraction of sp³-hybridized carbons (Fsp3) is 0.556. The molecule has 124 valence electrons. The van der Waals surface area contributed by atoms with Gasteiger partial charge in [-0.25, -0.2) is 0 Å². The second kappa shape index (κ2) is 6.60. The standard InChI is InChI=1S/C18H24N2O3/c1-12(2)18(22)20-9-7-14(8-10-20)19-17(21)16-11-13-5-3-4-6-15(13)23-16/h3-6,12,14,16H,7-11H2,1-2H3,(H,19,21)/t16-/m0/s1. The van der Waals surface area contributed by atoms with E-state index in [1.807, 2.05) is 43.0 Å². The maximum atomic E-state index is 12.4.